The number of carbonyl (C=O) groups is 4. The van der Waals surface area contributed by atoms with Crippen LogP contribution in [0.5, 0.6) is 0 Å². The molecule has 1 saturated carbocycles. The van der Waals surface area contributed by atoms with Gasteiger partial charge in [0.2, 0.25) is 0 Å². The molecule has 224 valence electrons. The van der Waals surface area contributed by atoms with Crippen molar-refractivity contribution in [2.24, 2.45) is 11.8 Å². The summed E-state index contributed by atoms with van der Waals surface area (Å²) in [5.74, 6) is 3.41. The summed E-state index contributed by atoms with van der Waals surface area (Å²) in [6.07, 6.45) is 4.35. The molecule has 4 nitrogen and oxygen atoms in total. The average molecular weight is 567 g/mol. The summed E-state index contributed by atoms with van der Waals surface area (Å²) in [4.78, 5) is 42.7. The zero-order valence-electron chi connectivity index (χ0n) is 17.8. The summed E-state index contributed by atoms with van der Waals surface area (Å²) < 4.78 is 0. The zero-order valence-corrected chi connectivity index (χ0v) is 20.4. The van der Waals surface area contributed by atoms with Crippen molar-refractivity contribution in [3.05, 3.63) is 0 Å². The molecule has 0 N–H and O–H groups in total. The maximum absolute atomic E-state index is 11.2. The third-order valence-electron chi connectivity index (χ3n) is 3.49. The van der Waals surface area contributed by atoms with Crippen LogP contribution >= 0.6 is 37.0 Å². The fourth-order valence-corrected chi connectivity index (χ4v) is 3.11. The van der Waals surface area contributed by atoms with Crippen LogP contribution in [0.25, 0.3) is 0 Å². The number of ketones is 2. The molecular weight excluding hydrogens is 497 g/mol. The number of hydrogen-bond donors (Lipinski definition) is 0. The van der Waals surface area contributed by atoms with Crippen molar-refractivity contribution in [3.63, 3.8) is 0 Å². The second-order valence-electron chi connectivity index (χ2n) is 6.76. The van der Waals surface area contributed by atoms with E-state index in [2.05, 4.69) is 20.8 Å². The van der Waals surface area contributed by atoms with Gasteiger partial charge in [-0.15, -0.1) is 0 Å². The highest BCUT2D eigenvalue weighted by molar-refractivity contribution is 8.13. The van der Waals surface area contributed by atoms with Crippen molar-refractivity contribution in [3.8, 4) is 0 Å². The van der Waals surface area contributed by atoms with Gasteiger partial charge in [0.15, 0.2) is 10.2 Å². The van der Waals surface area contributed by atoms with Gasteiger partial charge in [0.25, 0.3) is 0 Å². The minimum absolute atomic E-state index is 0. The Morgan fingerprint density at radius 1 is 0.886 bits per heavy atom. The molecule has 0 aromatic rings. The molecule has 1 fully saturated rings. The number of thioether (sulfide) groups is 2. The van der Waals surface area contributed by atoms with Gasteiger partial charge in [-0.25, -0.2) is 0 Å². The Labute approximate surface area is 240 Å². The van der Waals surface area contributed by atoms with E-state index in [0.717, 1.165) is 37.2 Å². The van der Waals surface area contributed by atoms with E-state index >= 15 is 0 Å². The van der Waals surface area contributed by atoms with Gasteiger partial charge in [0.1, 0.15) is 11.6 Å². The maximum Gasteiger partial charge on any atom is 0.196 e. The van der Waals surface area contributed by atoms with Crippen molar-refractivity contribution >= 4 is 58.8 Å². The molecule has 7 heteroatoms. The molecule has 0 radical (unpaired) electrons. The molecule has 1 rings (SSSR count). The minimum Gasteiger partial charge on any atom is -0.300 e. The zero-order chi connectivity index (χ0) is 20.5. The Morgan fingerprint density at radius 2 is 1.31 bits per heavy atom. The minimum atomic E-state index is 0. The molecule has 0 aromatic carbocycles. The standard InChI is InChI=1S/C10H18O2S.C6H10O.C4H8OS.8CH4.H2S/c1-4-13-10(12)7-9(11)6-5-8(2)3;1-5-2-3-6(7)4-5;1-3-6-4(2)5;;;;;;;;;/h8H,4-7H2,1-3H3;5H,2-4H2,1H3;3H2,1-2H3;8*1H4;1H2/t;5-;;;;;;;;;;/m.0........../s1. The molecule has 1 aliphatic rings. The summed E-state index contributed by atoms with van der Waals surface area (Å²) in [6, 6.07) is 0. The van der Waals surface area contributed by atoms with Crippen LogP contribution in [0, 0.1) is 11.8 Å². The van der Waals surface area contributed by atoms with Gasteiger partial charge < -0.3 is 0 Å². The molecule has 0 aliphatic heterocycles. The van der Waals surface area contributed by atoms with Gasteiger partial charge in [0, 0.05) is 26.2 Å². The predicted molar refractivity (Wildman–Crippen MR) is 178 cm³/mol. The van der Waals surface area contributed by atoms with Gasteiger partial charge in [-0.3, -0.25) is 19.2 Å². The lowest BCUT2D eigenvalue weighted by Crippen LogP contribution is -2.06. The van der Waals surface area contributed by atoms with Crippen LogP contribution in [0.3, 0.4) is 0 Å². The number of carbonyl (C=O) groups excluding carboxylic acids is 4. The second-order valence-corrected chi connectivity index (χ2v) is 9.53. The molecular formula is C28H70O4S3. The molecule has 0 spiro atoms. The van der Waals surface area contributed by atoms with E-state index in [1.165, 1.54) is 23.5 Å². The molecule has 1 aliphatic carbocycles. The van der Waals surface area contributed by atoms with Crippen molar-refractivity contribution in [2.75, 3.05) is 11.5 Å². The normalized spacial score (nSPS) is 11.6. The van der Waals surface area contributed by atoms with E-state index in [-0.39, 0.29) is 95.3 Å². The molecule has 0 amide bonds. The Kier molecular flexibility index (Phi) is 94.2. The lowest BCUT2D eigenvalue weighted by molar-refractivity contribution is -0.123. The van der Waals surface area contributed by atoms with E-state index in [0.29, 0.717) is 24.0 Å². The Hall–Kier alpha value is -0.270. The molecule has 0 bridgehead atoms. The lowest BCUT2D eigenvalue weighted by atomic mass is 10.0. The van der Waals surface area contributed by atoms with Crippen LogP contribution in [-0.4, -0.2) is 33.3 Å². The summed E-state index contributed by atoms with van der Waals surface area (Å²) in [7, 11) is 0. The monoisotopic (exact) mass is 566 g/mol. The first-order chi connectivity index (χ1) is 12.1. The second kappa shape index (κ2) is 47.0. The van der Waals surface area contributed by atoms with E-state index in [9.17, 15) is 19.2 Å². The van der Waals surface area contributed by atoms with Crippen LogP contribution < -0.4 is 0 Å². The fourth-order valence-electron chi connectivity index (χ4n) is 2.11. The molecule has 35 heavy (non-hydrogen) atoms. The average Bonchev–Trinajstić information content (AvgIpc) is 2.90. The first-order valence-electron chi connectivity index (χ1n) is 9.44. The van der Waals surface area contributed by atoms with Gasteiger partial charge in [0.05, 0.1) is 6.42 Å². The van der Waals surface area contributed by atoms with Crippen LogP contribution in [0.4, 0.5) is 0 Å². The van der Waals surface area contributed by atoms with E-state index in [1.807, 2.05) is 13.8 Å². The molecule has 0 heterocycles. The Morgan fingerprint density at radius 3 is 1.51 bits per heavy atom. The van der Waals surface area contributed by atoms with Crippen LogP contribution in [0.15, 0.2) is 0 Å². The first kappa shape index (κ1) is 70.2. The third-order valence-corrected chi connectivity index (χ3v) is 4.94. The smallest absolute Gasteiger partial charge is 0.196 e. The van der Waals surface area contributed by atoms with Gasteiger partial charge >= 0.3 is 0 Å². The SMILES string of the molecule is C.C.C.C.C.C.C.C.CCSC(=O)CC(=O)CCC(C)C.CCSC(C)=O.C[C@H]1CCC(=O)C1.S. The number of rotatable bonds is 7. The molecule has 1 atom stereocenters. The van der Waals surface area contributed by atoms with Gasteiger partial charge in [-0.2, -0.15) is 13.5 Å². The topological polar surface area (TPSA) is 68.3 Å². The molecule has 0 unspecified atom stereocenters. The largest absolute Gasteiger partial charge is 0.300 e. The van der Waals surface area contributed by atoms with Crippen molar-refractivity contribution < 1.29 is 19.2 Å². The Bertz CT molecular complexity index is 440. The highest BCUT2D eigenvalue weighted by Gasteiger charge is 2.16. The van der Waals surface area contributed by atoms with Crippen molar-refractivity contribution in [1.29, 1.82) is 0 Å². The maximum atomic E-state index is 11.2. The lowest BCUT2D eigenvalue weighted by Gasteiger charge is -2.02. The predicted octanol–water partition coefficient (Wildman–Crippen LogP) is 10.5. The van der Waals surface area contributed by atoms with E-state index < -0.39 is 0 Å². The highest BCUT2D eigenvalue weighted by atomic mass is 32.2. The highest BCUT2D eigenvalue weighted by Crippen LogP contribution is 2.19. The van der Waals surface area contributed by atoms with Crippen LogP contribution in [-0.2, 0) is 19.2 Å². The van der Waals surface area contributed by atoms with Gasteiger partial charge in [-0.05, 0) is 36.2 Å². The summed E-state index contributed by atoms with van der Waals surface area (Å²) in [6.45, 7) is 11.7. The van der Waals surface area contributed by atoms with Crippen LogP contribution in [0.1, 0.15) is 139 Å². The Balaban J connectivity index is -0.0000000258. The third kappa shape index (κ3) is 60.3. The summed E-state index contributed by atoms with van der Waals surface area (Å²) in [5.41, 5.74) is 0. The summed E-state index contributed by atoms with van der Waals surface area (Å²) in [5, 5.41) is 0.216. The summed E-state index contributed by atoms with van der Waals surface area (Å²) >= 11 is 2.58. The van der Waals surface area contributed by atoms with Crippen LogP contribution in [0.2, 0.25) is 0 Å². The van der Waals surface area contributed by atoms with Gasteiger partial charge in [-0.1, -0.05) is 118 Å². The molecule has 0 aromatic heterocycles. The van der Waals surface area contributed by atoms with Crippen molar-refractivity contribution in [2.45, 2.75) is 139 Å². The van der Waals surface area contributed by atoms with E-state index in [4.69, 9.17) is 0 Å². The number of hydrogen-bond acceptors (Lipinski definition) is 6. The molecule has 0 saturated heterocycles. The first-order valence-corrected chi connectivity index (χ1v) is 11.4. The number of Topliss-reactive ketones (excluding diaryl/α,β-unsaturated/α-hetero) is 2. The fraction of sp³-hybridized carbons (Fsp3) is 0.857. The quantitative estimate of drug-likeness (QED) is 0.285. The van der Waals surface area contributed by atoms with Crippen molar-refractivity contribution in [1.82, 2.24) is 0 Å². The van der Waals surface area contributed by atoms with E-state index in [1.54, 1.807) is 6.92 Å².